The van der Waals surface area contributed by atoms with Crippen molar-refractivity contribution in [1.29, 1.82) is 0 Å². The van der Waals surface area contributed by atoms with E-state index in [2.05, 4.69) is 31.5 Å². The number of nitrogens with one attached hydrogen (secondary N) is 1. The Hall–Kier alpha value is -2.93. The lowest BCUT2D eigenvalue weighted by atomic mass is 10.2. The quantitative estimate of drug-likeness (QED) is 0.608. The van der Waals surface area contributed by atoms with Crippen LogP contribution >= 0.6 is 23.2 Å². The van der Waals surface area contributed by atoms with E-state index >= 15 is 0 Å². The molecule has 3 rings (SSSR count). The second kappa shape index (κ2) is 7.98. The smallest absolute Gasteiger partial charge is 0.264 e. The molecule has 0 radical (unpaired) electrons. The summed E-state index contributed by atoms with van der Waals surface area (Å²) in [5.41, 5.74) is 5.70. The van der Waals surface area contributed by atoms with Crippen molar-refractivity contribution in [2.45, 2.75) is 4.90 Å². The monoisotopic (exact) mass is 437 g/mol. The molecule has 0 aliphatic heterocycles. The molecule has 2 heterocycles. The van der Waals surface area contributed by atoms with Gasteiger partial charge in [0.25, 0.3) is 10.0 Å². The third-order valence-corrected chi connectivity index (χ3v) is 5.37. The Morgan fingerprint density at radius 1 is 1.07 bits per heavy atom. The molecule has 2 aromatic heterocycles. The van der Waals surface area contributed by atoms with E-state index in [1.807, 2.05) is 0 Å². The van der Waals surface area contributed by atoms with Gasteiger partial charge in [-0.25, -0.2) is 27.8 Å². The molecule has 0 saturated heterocycles. The molecular weight excluding hydrogens is 428 g/mol. The maximum Gasteiger partial charge on any atom is 0.264 e. The van der Waals surface area contributed by atoms with Crippen LogP contribution in [0.2, 0.25) is 10.0 Å². The lowest BCUT2D eigenvalue weighted by Gasteiger charge is -2.10. The minimum absolute atomic E-state index is 0.0726. The number of anilines is 2. The molecule has 0 amide bonds. The van der Waals surface area contributed by atoms with Crippen LogP contribution in [-0.2, 0) is 10.0 Å². The maximum absolute atomic E-state index is 14.7. The summed E-state index contributed by atoms with van der Waals surface area (Å²) < 4.78 is 41.8. The summed E-state index contributed by atoms with van der Waals surface area (Å²) in [4.78, 5) is 11.0. The van der Waals surface area contributed by atoms with Crippen LogP contribution in [0.4, 0.5) is 16.2 Å². The summed E-state index contributed by atoms with van der Waals surface area (Å²) in [5.74, 6) is 3.82. The second-order valence-corrected chi connectivity index (χ2v) is 7.78. The van der Waals surface area contributed by atoms with E-state index in [4.69, 9.17) is 28.9 Å². The summed E-state index contributed by atoms with van der Waals surface area (Å²) in [5, 5.41) is 0.0835. The standard InChI is InChI=1S/C17H10Cl2FN5O2S/c18-12-3-4-13(19)14(7-12)28(26,27)25-16-15(20)11(5-6-22-16)2-1-10-8-23-17(21)24-9-10/h3-9H,(H,22,25)(H2,21,23,24). The van der Waals surface area contributed by atoms with Crippen LogP contribution in [0.1, 0.15) is 11.1 Å². The Morgan fingerprint density at radius 3 is 2.50 bits per heavy atom. The second-order valence-electron chi connectivity index (χ2n) is 5.28. The van der Waals surface area contributed by atoms with Crippen molar-refractivity contribution in [3.63, 3.8) is 0 Å². The first-order valence-corrected chi connectivity index (χ1v) is 9.72. The zero-order valence-corrected chi connectivity index (χ0v) is 16.1. The molecule has 0 aliphatic carbocycles. The average Bonchev–Trinajstić information content (AvgIpc) is 2.65. The fraction of sp³-hybridized carbons (Fsp3) is 0. The van der Waals surface area contributed by atoms with Crippen LogP contribution in [0, 0.1) is 17.7 Å². The highest BCUT2D eigenvalue weighted by molar-refractivity contribution is 7.92. The van der Waals surface area contributed by atoms with Crippen LogP contribution in [0.15, 0.2) is 47.8 Å². The highest BCUT2D eigenvalue weighted by Crippen LogP contribution is 2.27. The topological polar surface area (TPSA) is 111 Å². The van der Waals surface area contributed by atoms with Crippen LogP contribution in [0.5, 0.6) is 0 Å². The molecule has 3 aromatic rings. The van der Waals surface area contributed by atoms with Crippen molar-refractivity contribution in [2.75, 3.05) is 10.5 Å². The third-order valence-electron chi connectivity index (χ3n) is 3.32. The minimum atomic E-state index is -4.23. The fourth-order valence-electron chi connectivity index (χ4n) is 2.02. The third kappa shape index (κ3) is 4.48. The predicted octanol–water partition coefficient (Wildman–Crippen LogP) is 3.10. The average molecular weight is 438 g/mol. The van der Waals surface area contributed by atoms with Gasteiger partial charge in [-0.05, 0) is 24.3 Å². The highest BCUT2D eigenvalue weighted by atomic mass is 35.5. The molecule has 0 spiro atoms. The number of hydrogen-bond donors (Lipinski definition) is 2. The molecule has 11 heteroatoms. The van der Waals surface area contributed by atoms with Gasteiger partial charge in [-0.15, -0.1) is 0 Å². The number of nitrogens with zero attached hydrogens (tertiary/aromatic N) is 3. The van der Waals surface area contributed by atoms with Gasteiger partial charge in [0, 0.05) is 23.6 Å². The molecule has 0 unspecified atom stereocenters. The summed E-state index contributed by atoms with van der Waals surface area (Å²) in [6.45, 7) is 0. The van der Waals surface area contributed by atoms with E-state index in [9.17, 15) is 12.8 Å². The zero-order chi connectivity index (χ0) is 20.3. The molecule has 0 bridgehead atoms. The Kier molecular flexibility index (Phi) is 5.65. The number of benzene rings is 1. The van der Waals surface area contributed by atoms with Gasteiger partial charge in [-0.3, -0.25) is 4.72 Å². The summed E-state index contributed by atoms with van der Waals surface area (Å²) in [6, 6.07) is 5.19. The molecule has 3 N–H and O–H groups in total. The number of sulfonamides is 1. The summed E-state index contributed by atoms with van der Waals surface area (Å²) >= 11 is 11.7. The number of nitrogens with two attached hydrogens (primary N) is 1. The molecule has 28 heavy (non-hydrogen) atoms. The number of rotatable bonds is 3. The molecule has 0 atom stereocenters. The minimum Gasteiger partial charge on any atom is -0.368 e. The summed E-state index contributed by atoms with van der Waals surface area (Å²) in [7, 11) is -4.23. The first-order valence-electron chi connectivity index (χ1n) is 7.48. The maximum atomic E-state index is 14.7. The van der Waals surface area contributed by atoms with Gasteiger partial charge in [0.2, 0.25) is 5.95 Å². The van der Waals surface area contributed by atoms with Gasteiger partial charge >= 0.3 is 0 Å². The Bertz CT molecular complexity index is 1210. The van der Waals surface area contributed by atoms with Crippen molar-refractivity contribution in [2.24, 2.45) is 0 Å². The van der Waals surface area contributed by atoms with Gasteiger partial charge in [-0.1, -0.05) is 35.0 Å². The lowest BCUT2D eigenvalue weighted by molar-refractivity contribution is 0.597. The van der Waals surface area contributed by atoms with E-state index in [-0.39, 0.29) is 26.5 Å². The molecule has 0 saturated carbocycles. The van der Waals surface area contributed by atoms with Crippen molar-refractivity contribution in [1.82, 2.24) is 15.0 Å². The van der Waals surface area contributed by atoms with Crippen molar-refractivity contribution >= 4 is 45.0 Å². The van der Waals surface area contributed by atoms with Crippen LogP contribution in [-0.4, -0.2) is 23.4 Å². The number of nitrogen functional groups attached to an aromatic ring is 1. The van der Waals surface area contributed by atoms with Crippen LogP contribution < -0.4 is 10.5 Å². The first kappa shape index (κ1) is 19.8. The van der Waals surface area contributed by atoms with E-state index in [0.717, 1.165) is 6.07 Å². The van der Waals surface area contributed by atoms with Crippen LogP contribution in [0.25, 0.3) is 0 Å². The largest absolute Gasteiger partial charge is 0.368 e. The Labute approximate surface area is 169 Å². The summed E-state index contributed by atoms with van der Waals surface area (Å²) in [6.07, 6.45) is 3.96. The lowest BCUT2D eigenvalue weighted by Crippen LogP contribution is -2.16. The Morgan fingerprint density at radius 2 is 1.79 bits per heavy atom. The molecular formula is C17H10Cl2FN5O2S. The SMILES string of the molecule is Nc1ncc(C#Cc2ccnc(NS(=O)(=O)c3cc(Cl)ccc3Cl)c2F)cn1. The van der Waals surface area contributed by atoms with Crippen LogP contribution in [0.3, 0.4) is 0 Å². The van der Waals surface area contributed by atoms with Gasteiger partial charge in [0.15, 0.2) is 11.6 Å². The number of pyridine rings is 1. The zero-order valence-electron chi connectivity index (χ0n) is 13.8. The Balaban J connectivity index is 1.93. The van der Waals surface area contributed by atoms with Gasteiger partial charge in [-0.2, -0.15) is 0 Å². The van der Waals surface area contributed by atoms with Gasteiger partial charge in [0.05, 0.1) is 16.1 Å². The fourth-order valence-corrected chi connectivity index (χ4v) is 3.79. The van der Waals surface area contributed by atoms with Crippen molar-refractivity contribution < 1.29 is 12.8 Å². The number of aromatic nitrogens is 3. The number of hydrogen-bond acceptors (Lipinski definition) is 6. The van der Waals surface area contributed by atoms with Gasteiger partial charge < -0.3 is 5.73 Å². The molecule has 142 valence electrons. The van der Waals surface area contributed by atoms with E-state index < -0.39 is 21.7 Å². The molecule has 0 fully saturated rings. The van der Waals surface area contributed by atoms with Crippen molar-refractivity contribution in [3.8, 4) is 11.8 Å². The van der Waals surface area contributed by atoms with Crippen molar-refractivity contribution in [3.05, 3.63) is 69.8 Å². The van der Waals surface area contributed by atoms with Gasteiger partial charge in [0.1, 0.15) is 4.90 Å². The normalized spacial score (nSPS) is 10.8. The van der Waals surface area contributed by atoms with E-state index in [0.29, 0.717) is 5.56 Å². The molecule has 7 nitrogen and oxygen atoms in total. The number of halogens is 3. The predicted molar refractivity (Wildman–Crippen MR) is 104 cm³/mol. The van der Waals surface area contributed by atoms with E-state index in [1.165, 1.54) is 36.8 Å². The highest BCUT2D eigenvalue weighted by Gasteiger charge is 2.21. The molecule has 1 aromatic carbocycles. The first-order chi connectivity index (χ1) is 13.3. The molecule has 0 aliphatic rings. The van der Waals surface area contributed by atoms with E-state index in [1.54, 1.807) is 0 Å².